The molecule has 2 fully saturated rings. The van der Waals surface area contributed by atoms with E-state index in [2.05, 4.69) is 5.32 Å². The standard InChI is InChI=1S/C19H26N2O7S/c1-14-4-5-16(29(24,25)21-6-9-26-10-7-21)11-17(14)19(23)28-13-18(22)20-12-15-3-2-8-27-15/h4-5,11,15H,2-3,6-10,12-13H2,1H3,(H,20,22). The van der Waals surface area contributed by atoms with Crippen LogP contribution in [0.3, 0.4) is 0 Å². The third-order valence-corrected chi connectivity index (χ3v) is 6.82. The first-order chi connectivity index (χ1) is 13.9. The highest BCUT2D eigenvalue weighted by Gasteiger charge is 2.27. The van der Waals surface area contributed by atoms with E-state index in [0.29, 0.717) is 31.9 Å². The van der Waals surface area contributed by atoms with Gasteiger partial charge in [-0.15, -0.1) is 0 Å². The van der Waals surface area contributed by atoms with Crippen LogP contribution in [0.25, 0.3) is 0 Å². The van der Waals surface area contributed by atoms with Gasteiger partial charge in [0, 0.05) is 26.2 Å². The Kier molecular flexibility index (Phi) is 7.23. The zero-order valence-electron chi connectivity index (χ0n) is 16.4. The number of hydrogen-bond acceptors (Lipinski definition) is 7. The molecule has 1 unspecified atom stereocenters. The van der Waals surface area contributed by atoms with Crippen LogP contribution in [0.2, 0.25) is 0 Å². The summed E-state index contributed by atoms with van der Waals surface area (Å²) in [5, 5.41) is 2.67. The number of benzene rings is 1. The van der Waals surface area contributed by atoms with Crippen molar-refractivity contribution < 1.29 is 32.2 Å². The summed E-state index contributed by atoms with van der Waals surface area (Å²) in [6.07, 6.45) is 1.86. The summed E-state index contributed by atoms with van der Waals surface area (Å²) in [5.41, 5.74) is 0.682. The molecule has 1 aromatic rings. The Bertz CT molecular complexity index is 844. The van der Waals surface area contributed by atoms with Gasteiger partial charge in [-0.1, -0.05) is 6.07 Å². The minimum atomic E-state index is -3.73. The maximum absolute atomic E-state index is 12.8. The molecule has 2 heterocycles. The van der Waals surface area contributed by atoms with Crippen LogP contribution in [0.5, 0.6) is 0 Å². The van der Waals surface area contributed by atoms with Crippen LogP contribution in [0, 0.1) is 6.92 Å². The third kappa shape index (κ3) is 5.53. The van der Waals surface area contributed by atoms with Crippen LogP contribution in [0.4, 0.5) is 0 Å². The Morgan fingerprint density at radius 1 is 1.24 bits per heavy atom. The molecule has 1 aromatic carbocycles. The number of morpholine rings is 1. The van der Waals surface area contributed by atoms with Gasteiger partial charge in [0.1, 0.15) is 0 Å². The predicted molar refractivity (Wildman–Crippen MR) is 103 cm³/mol. The van der Waals surface area contributed by atoms with Crippen LogP contribution in [-0.2, 0) is 29.0 Å². The summed E-state index contributed by atoms with van der Waals surface area (Å²) in [7, 11) is -3.73. The van der Waals surface area contributed by atoms with Crippen molar-refractivity contribution in [3.05, 3.63) is 29.3 Å². The van der Waals surface area contributed by atoms with Crippen LogP contribution >= 0.6 is 0 Å². The van der Waals surface area contributed by atoms with Crippen LogP contribution in [0.15, 0.2) is 23.1 Å². The maximum atomic E-state index is 12.8. The molecule has 0 radical (unpaired) electrons. The Morgan fingerprint density at radius 2 is 2.00 bits per heavy atom. The van der Waals surface area contributed by atoms with Gasteiger partial charge >= 0.3 is 5.97 Å². The fourth-order valence-corrected chi connectivity index (χ4v) is 4.65. The number of hydrogen-bond donors (Lipinski definition) is 1. The second-order valence-electron chi connectivity index (χ2n) is 7.01. The monoisotopic (exact) mass is 426 g/mol. The van der Waals surface area contributed by atoms with Crippen molar-refractivity contribution in [1.82, 2.24) is 9.62 Å². The van der Waals surface area contributed by atoms with Gasteiger partial charge in [0.15, 0.2) is 6.61 Å². The highest BCUT2D eigenvalue weighted by molar-refractivity contribution is 7.89. The van der Waals surface area contributed by atoms with Gasteiger partial charge in [-0.25, -0.2) is 13.2 Å². The molecule has 0 spiro atoms. The predicted octanol–water partition coefficient (Wildman–Crippen LogP) is 0.468. The number of aryl methyl sites for hydroxylation is 1. The topological polar surface area (TPSA) is 111 Å². The lowest BCUT2D eigenvalue weighted by atomic mass is 10.1. The van der Waals surface area contributed by atoms with Gasteiger partial charge in [0.2, 0.25) is 10.0 Å². The fraction of sp³-hybridized carbons (Fsp3) is 0.579. The quantitative estimate of drug-likeness (QED) is 0.631. The van der Waals surface area contributed by atoms with Gasteiger partial charge in [0.25, 0.3) is 5.91 Å². The average Bonchev–Trinajstić information content (AvgIpc) is 3.25. The Hall–Kier alpha value is -2.01. The second-order valence-corrected chi connectivity index (χ2v) is 8.95. The zero-order chi connectivity index (χ0) is 20.9. The Morgan fingerprint density at radius 3 is 2.69 bits per heavy atom. The van der Waals surface area contributed by atoms with Crippen LogP contribution in [-0.4, -0.2) is 76.8 Å². The highest BCUT2D eigenvalue weighted by atomic mass is 32.2. The Balaban J connectivity index is 1.61. The number of nitrogens with one attached hydrogen (secondary N) is 1. The summed E-state index contributed by atoms with van der Waals surface area (Å²) in [5.74, 6) is -1.17. The molecular weight excluding hydrogens is 400 g/mol. The maximum Gasteiger partial charge on any atom is 0.338 e. The Labute approximate surface area is 170 Å². The summed E-state index contributed by atoms with van der Waals surface area (Å²) >= 11 is 0. The highest BCUT2D eigenvalue weighted by Crippen LogP contribution is 2.21. The number of sulfonamides is 1. The molecule has 1 N–H and O–H groups in total. The lowest BCUT2D eigenvalue weighted by Gasteiger charge is -2.26. The third-order valence-electron chi connectivity index (χ3n) is 4.92. The van der Waals surface area contributed by atoms with E-state index in [9.17, 15) is 18.0 Å². The van der Waals surface area contributed by atoms with E-state index in [-0.39, 0.29) is 29.7 Å². The number of amides is 1. The van der Waals surface area contributed by atoms with E-state index in [4.69, 9.17) is 14.2 Å². The molecule has 0 saturated carbocycles. The van der Waals surface area contributed by atoms with Gasteiger partial charge in [0.05, 0.1) is 29.8 Å². The summed E-state index contributed by atoms with van der Waals surface area (Å²) in [6.45, 7) is 3.51. The number of nitrogens with zero attached hydrogens (tertiary/aromatic N) is 1. The van der Waals surface area contributed by atoms with Crippen molar-refractivity contribution in [1.29, 1.82) is 0 Å². The molecule has 2 aliphatic heterocycles. The van der Waals surface area contributed by atoms with Crippen molar-refractivity contribution in [2.24, 2.45) is 0 Å². The molecular formula is C19H26N2O7S. The molecule has 10 heteroatoms. The summed E-state index contributed by atoms with van der Waals surface area (Å²) < 4.78 is 42.6. The minimum Gasteiger partial charge on any atom is -0.452 e. The fourth-order valence-electron chi connectivity index (χ4n) is 3.21. The van der Waals surface area contributed by atoms with Crippen molar-refractivity contribution in [2.75, 3.05) is 46.1 Å². The summed E-state index contributed by atoms with van der Waals surface area (Å²) in [4.78, 5) is 24.3. The number of ether oxygens (including phenoxy) is 3. The SMILES string of the molecule is Cc1ccc(S(=O)(=O)N2CCOCC2)cc1C(=O)OCC(=O)NCC1CCCO1. The lowest BCUT2D eigenvalue weighted by Crippen LogP contribution is -2.40. The lowest BCUT2D eigenvalue weighted by molar-refractivity contribution is -0.124. The minimum absolute atomic E-state index is 0.000952. The average molecular weight is 426 g/mol. The van der Waals surface area contributed by atoms with Crippen LogP contribution < -0.4 is 5.32 Å². The van der Waals surface area contributed by atoms with Crippen LogP contribution in [0.1, 0.15) is 28.8 Å². The van der Waals surface area contributed by atoms with E-state index in [1.165, 1.54) is 16.4 Å². The van der Waals surface area contributed by atoms with Crippen molar-refractivity contribution >= 4 is 21.9 Å². The first kappa shape index (κ1) is 21.7. The second kappa shape index (κ2) is 9.66. The van der Waals surface area contributed by atoms with Gasteiger partial charge in [-0.3, -0.25) is 4.79 Å². The largest absolute Gasteiger partial charge is 0.452 e. The zero-order valence-corrected chi connectivity index (χ0v) is 17.2. The molecule has 0 aliphatic carbocycles. The normalized spacial score (nSPS) is 20.4. The molecule has 3 rings (SSSR count). The molecule has 29 heavy (non-hydrogen) atoms. The number of esters is 1. The first-order valence-corrected chi connectivity index (χ1v) is 11.1. The van der Waals surface area contributed by atoms with Crippen molar-refractivity contribution in [2.45, 2.75) is 30.8 Å². The molecule has 160 valence electrons. The number of rotatable bonds is 7. The molecule has 1 atom stereocenters. The van der Waals surface area contributed by atoms with Crippen molar-refractivity contribution in [3.63, 3.8) is 0 Å². The molecule has 0 aromatic heterocycles. The summed E-state index contributed by atoms with van der Waals surface area (Å²) in [6, 6.07) is 4.32. The first-order valence-electron chi connectivity index (χ1n) is 9.62. The van der Waals surface area contributed by atoms with Gasteiger partial charge < -0.3 is 19.5 Å². The van der Waals surface area contributed by atoms with E-state index in [1.54, 1.807) is 13.0 Å². The number of carbonyl (C=O) groups excluding carboxylic acids is 2. The molecule has 9 nitrogen and oxygen atoms in total. The molecule has 1 amide bonds. The van der Waals surface area contributed by atoms with Crippen molar-refractivity contribution in [3.8, 4) is 0 Å². The van der Waals surface area contributed by atoms with E-state index in [0.717, 1.165) is 12.8 Å². The van der Waals surface area contributed by atoms with Gasteiger partial charge in [-0.2, -0.15) is 4.31 Å². The smallest absolute Gasteiger partial charge is 0.338 e. The number of carbonyl (C=O) groups is 2. The van der Waals surface area contributed by atoms with E-state index >= 15 is 0 Å². The van der Waals surface area contributed by atoms with Gasteiger partial charge in [-0.05, 0) is 37.5 Å². The molecule has 0 bridgehead atoms. The molecule has 2 saturated heterocycles. The molecule has 2 aliphatic rings. The van der Waals surface area contributed by atoms with E-state index in [1.807, 2.05) is 0 Å². The van der Waals surface area contributed by atoms with E-state index < -0.39 is 28.5 Å².